The second kappa shape index (κ2) is 7.57. The van der Waals surface area contributed by atoms with Gasteiger partial charge in [-0.3, -0.25) is 0 Å². The van der Waals surface area contributed by atoms with Gasteiger partial charge in [-0.25, -0.2) is 0 Å². The van der Waals surface area contributed by atoms with Crippen LogP contribution < -0.4 is 5.32 Å². The van der Waals surface area contributed by atoms with Crippen molar-refractivity contribution in [2.24, 2.45) is 5.41 Å². The molecule has 0 amide bonds. The van der Waals surface area contributed by atoms with Gasteiger partial charge in [-0.2, -0.15) is 0 Å². The molecule has 1 unspecified atom stereocenters. The highest BCUT2D eigenvalue weighted by Gasteiger charge is 2.21. The third kappa shape index (κ3) is 4.81. The molecule has 0 spiro atoms. The van der Waals surface area contributed by atoms with E-state index in [9.17, 15) is 0 Å². The van der Waals surface area contributed by atoms with E-state index in [4.69, 9.17) is 16.3 Å². The highest BCUT2D eigenvalue weighted by molar-refractivity contribution is 6.31. The Morgan fingerprint density at radius 1 is 1.44 bits per heavy atom. The molecular weight excluding hydrogens is 246 g/mol. The van der Waals surface area contributed by atoms with Crippen LogP contribution in [0.5, 0.6) is 0 Å². The van der Waals surface area contributed by atoms with Gasteiger partial charge in [0.15, 0.2) is 0 Å². The SMILES string of the molecule is C=CC(C)(CNCCOC)Cc1ccccc1Cl. The maximum absolute atomic E-state index is 6.20. The van der Waals surface area contributed by atoms with Crippen LogP contribution in [0.3, 0.4) is 0 Å². The summed E-state index contributed by atoms with van der Waals surface area (Å²) in [6, 6.07) is 7.97. The number of halogens is 1. The van der Waals surface area contributed by atoms with E-state index in [1.807, 2.05) is 24.3 Å². The average Bonchev–Trinajstić information content (AvgIpc) is 2.38. The van der Waals surface area contributed by atoms with Gasteiger partial charge in [0, 0.05) is 30.6 Å². The van der Waals surface area contributed by atoms with E-state index < -0.39 is 0 Å². The van der Waals surface area contributed by atoms with E-state index in [-0.39, 0.29) is 5.41 Å². The zero-order valence-electron chi connectivity index (χ0n) is 11.2. The van der Waals surface area contributed by atoms with Gasteiger partial charge in [-0.05, 0) is 18.1 Å². The van der Waals surface area contributed by atoms with Crippen molar-refractivity contribution < 1.29 is 4.74 Å². The first-order valence-electron chi connectivity index (χ1n) is 6.18. The lowest BCUT2D eigenvalue weighted by molar-refractivity contribution is 0.196. The first kappa shape index (κ1) is 15.2. The van der Waals surface area contributed by atoms with Gasteiger partial charge in [-0.15, -0.1) is 6.58 Å². The maximum Gasteiger partial charge on any atom is 0.0587 e. The fourth-order valence-corrected chi connectivity index (χ4v) is 2.03. The molecule has 2 nitrogen and oxygen atoms in total. The Balaban J connectivity index is 2.59. The minimum absolute atomic E-state index is 0.00126. The van der Waals surface area contributed by atoms with Gasteiger partial charge >= 0.3 is 0 Å². The summed E-state index contributed by atoms with van der Waals surface area (Å²) in [5.74, 6) is 0. The van der Waals surface area contributed by atoms with E-state index in [1.54, 1.807) is 7.11 Å². The maximum atomic E-state index is 6.20. The molecule has 0 aliphatic rings. The van der Waals surface area contributed by atoms with Gasteiger partial charge in [0.2, 0.25) is 0 Å². The molecular formula is C15H22ClNO. The standard InChI is InChI=1S/C15H22ClNO/c1-4-15(2,12-17-9-10-18-3)11-13-7-5-6-8-14(13)16/h4-8,17H,1,9-12H2,2-3H3. The largest absolute Gasteiger partial charge is 0.383 e. The molecule has 3 heteroatoms. The molecule has 1 atom stereocenters. The first-order valence-corrected chi connectivity index (χ1v) is 6.56. The molecule has 0 saturated heterocycles. The van der Waals surface area contributed by atoms with E-state index in [0.29, 0.717) is 0 Å². The van der Waals surface area contributed by atoms with E-state index in [1.165, 1.54) is 0 Å². The van der Waals surface area contributed by atoms with Crippen LogP contribution in [-0.4, -0.2) is 26.8 Å². The lowest BCUT2D eigenvalue weighted by atomic mass is 9.83. The van der Waals surface area contributed by atoms with Crippen molar-refractivity contribution in [2.75, 3.05) is 26.8 Å². The summed E-state index contributed by atoms with van der Waals surface area (Å²) in [6.45, 7) is 8.56. The number of methoxy groups -OCH3 is 1. The Morgan fingerprint density at radius 2 is 2.17 bits per heavy atom. The molecule has 1 rings (SSSR count). The van der Waals surface area contributed by atoms with Gasteiger partial charge in [0.25, 0.3) is 0 Å². The summed E-state index contributed by atoms with van der Waals surface area (Å²) in [4.78, 5) is 0. The van der Waals surface area contributed by atoms with Gasteiger partial charge in [0.05, 0.1) is 6.61 Å². The van der Waals surface area contributed by atoms with Crippen LogP contribution in [-0.2, 0) is 11.2 Å². The molecule has 0 aliphatic carbocycles. The van der Waals surface area contributed by atoms with Crippen LogP contribution in [0, 0.1) is 5.41 Å². The Kier molecular flexibility index (Phi) is 6.41. The smallest absolute Gasteiger partial charge is 0.0587 e. The molecule has 0 radical (unpaired) electrons. The number of hydrogen-bond acceptors (Lipinski definition) is 2. The van der Waals surface area contributed by atoms with Gasteiger partial charge < -0.3 is 10.1 Å². The molecule has 0 bridgehead atoms. The Bertz CT molecular complexity index is 381. The zero-order chi connectivity index (χ0) is 13.4. The van der Waals surface area contributed by atoms with Crippen LogP contribution in [0.4, 0.5) is 0 Å². The number of ether oxygens (including phenoxy) is 1. The Morgan fingerprint density at radius 3 is 2.78 bits per heavy atom. The molecule has 1 aromatic carbocycles. The second-order valence-electron chi connectivity index (χ2n) is 4.80. The van der Waals surface area contributed by atoms with Crippen molar-refractivity contribution in [3.63, 3.8) is 0 Å². The second-order valence-corrected chi connectivity index (χ2v) is 5.20. The van der Waals surface area contributed by atoms with Crippen LogP contribution in [0.2, 0.25) is 5.02 Å². The zero-order valence-corrected chi connectivity index (χ0v) is 12.0. The number of nitrogens with one attached hydrogen (secondary N) is 1. The van der Waals surface area contributed by atoms with Crippen molar-refractivity contribution in [3.05, 3.63) is 47.5 Å². The lowest BCUT2D eigenvalue weighted by Gasteiger charge is -2.26. The minimum atomic E-state index is -0.00126. The van der Waals surface area contributed by atoms with Crippen molar-refractivity contribution in [1.29, 1.82) is 0 Å². The Hall–Kier alpha value is -0.830. The van der Waals surface area contributed by atoms with Crippen LogP contribution >= 0.6 is 11.6 Å². The molecule has 1 N–H and O–H groups in total. The van der Waals surface area contributed by atoms with Gasteiger partial charge in [0.1, 0.15) is 0 Å². The normalized spacial score (nSPS) is 14.2. The van der Waals surface area contributed by atoms with Crippen molar-refractivity contribution in [2.45, 2.75) is 13.3 Å². The summed E-state index contributed by atoms with van der Waals surface area (Å²) in [6.07, 6.45) is 2.88. The van der Waals surface area contributed by atoms with Crippen LogP contribution in [0.15, 0.2) is 36.9 Å². The van der Waals surface area contributed by atoms with E-state index >= 15 is 0 Å². The fraction of sp³-hybridized carbons (Fsp3) is 0.467. The summed E-state index contributed by atoms with van der Waals surface area (Å²) in [5.41, 5.74) is 1.16. The molecule has 18 heavy (non-hydrogen) atoms. The predicted molar refractivity (Wildman–Crippen MR) is 78.2 cm³/mol. The molecule has 100 valence electrons. The molecule has 0 fully saturated rings. The van der Waals surface area contributed by atoms with Crippen molar-refractivity contribution >= 4 is 11.6 Å². The molecule has 0 saturated carbocycles. The third-order valence-corrected chi connectivity index (χ3v) is 3.43. The molecule has 0 aliphatic heterocycles. The number of hydrogen-bond donors (Lipinski definition) is 1. The highest BCUT2D eigenvalue weighted by Crippen LogP contribution is 2.27. The third-order valence-electron chi connectivity index (χ3n) is 3.06. The highest BCUT2D eigenvalue weighted by atomic mass is 35.5. The monoisotopic (exact) mass is 267 g/mol. The lowest BCUT2D eigenvalue weighted by Crippen LogP contribution is -2.33. The fourth-order valence-electron chi connectivity index (χ4n) is 1.83. The van der Waals surface area contributed by atoms with Crippen molar-refractivity contribution in [1.82, 2.24) is 5.32 Å². The van der Waals surface area contributed by atoms with E-state index in [2.05, 4.69) is 24.9 Å². The minimum Gasteiger partial charge on any atom is -0.383 e. The average molecular weight is 268 g/mol. The summed E-state index contributed by atoms with van der Waals surface area (Å²) in [7, 11) is 1.71. The summed E-state index contributed by atoms with van der Waals surface area (Å²) < 4.78 is 5.02. The molecule has 0 heterocycles. The number of benzene rings is 1. The van der Waals surface area contributed by atoms with E-state index in [0.717, 1.165) is 36.7 Å². The van der Waals surface area contributed by atoms with Crippen molar-refractivity contribution in [3.8, 4) is 0 Å². The number of rotatable bonds is 8. The summed E-state index contributed by atoms with van der Waals surface area (Å²) >= 11 is 6.20. The van der Waals surface area contributed by atoms with Crippen LogP contribution in [0.25, 0.3) is 0 Å². The quantitative estimate of drug-likeness (QED) is 0.576. The topological polar surface area (TPSA) is 21.3 Å². The predicted octanol–water partition coefficient (Wildman–Crippen LogP) is 3.31. The summed E-state index contributed by atoms with van der Waals surface area (Å²) in [5, 5.41) is 4.20. The first-order chi connectivity index (χ1) is 8.61. The molecule has 0 aromatic heterocycles. The van der Waals surface area contributed by atoms with Crippen LogP contribution in [0.1, 0.15) is 12.5 Å². The van der Waals surface area contributed by atoms with Gasteiger partial charge in [-0.1, -0.05) is 42.8 Å². The Labute approximate surface area is 115 Å². The molecule has 1 aromatic rings.